The van der Waals surface area contributed by atoms with E-state index < -0.39 is 0 Å². The van der Waals surface area contributed by atoms with Crippen LogP contribution in [0, 0.1) is 5.82 Å². The summed E-state index contributed by atoms with van der Waals surface area (Å²) in [5.41, 5.74) is 8.59. The molecule has 3 heteroatoms. The van der Waals surface area contributed by atoms with Gasteiger partial charge < -0.3 is 5.73 Å². The van der Waals surface area contributed by atoms with Gasteiger partial charge in [0.25, 0.3) is 0 Å². The average Bonchev–Trinajstić information content (AvgIpc) is 2.32. The molecule has 0 aliphatic rings. The molecule has 2 aromatic carbocycles. The molecule has 2 nitrogen and oxygen atoms in total. The van der Waals surface area contributed by atoms with Gasteiger partial charge >= 0.3 is 0 Å². The number of halogens is 1. The van der Waals surface area contributed by atoms with Crippen LogP contribution >= 0.6 is 0 Å². The fraction of sp³-hybridized carbons (Fsp3) is 0.200. The third-order valence-electron chi connectivity index (χ3n) is 2.77. The number of hydrogen-bond acceptors (Lipinski definition) is 2. The molecule has 2 aromatic rings. The number of rotatable bonds is 4. The summed E-state index contributed by atoms with van der Waals surface area (Å²) in [5.74, 6) is -0.187. The second-order valence-corrected chi connectivity index (χ2v) is 4.54. The first-order chi connectivity index (χ1) is 8.63. The van der Waals surface area contributed by atoms with E-state index in [4.69, 9.17) is 5.73 Å². The lowest BCUT2D eigenvalue weighted by Crippen LogP contribution is -2.17. The maximum absolute atomic E-state index is 13.1. The minimum absolute atomic E-state index is 0.187. The van der Waals surface area contributed by atoms with Crippen molar-refractivity contribution >= 4 is 5.69 Å². The van der Waals surface area contributed by atoms with Gasteiger partial charge in [-0.25, -0.2) is 4.39 Å². The highest BCUT2D eigenvalue weighted by molar-refractivity contribution is 5.39. The van der Waals surface area contributed by atoms with Crippen LogP contribution < -0.4 is 5.73 Å². The van der Waals surface area contributed by atoms with Gasteiger partial charge in [-0.3, -0.25) is 4.90 Å². The number of hydrogen-bond donors (Lipinski definition) is 1. The largest absolute Gasteiger partial charge is 0.399 e. The summed E-state index contributed by atoms with van der Waals surface area (Å²) in [4.78, 5) is 2.14. The molecule has 0 unspecified atom stereocenters. The molecule has 0 saturated heterocycles. The summed E-state index contributed by atoms with van der Waals surface area (Å²) in [6.07, 6.45) is 0. The molecule has 0 heterocycles. The number of nitrogen functional groups attached to an aromatic ring is 1. The zero-order valence-corrected chi connectivity index (χ0v) is 10.4. The number of nitrogens with zero attached hydrogens (tertiary/aromatic N) is 1. The Balaban J connectivity index is 1.96. The lowest BCUT2D eigenvalue weighted by Gasteiger charge is -2.17. The van der Waals surface area contributed by atoms with Gasteiger partial charge in [0.15, 0.2) is 0 Å². The Kier molecular flexibility index (Phi) is 3.95. The Morgan fingerprint density at radius 3 is 2.33 bits per heavy atom. The van der Waals surface area contributed by atoms with Crippen molar-refractivity contribution in [1.29, 1.82) is 0 Å². The van der Waals surface area contributed by atoms with Gasteiger partial charge in [0.05, 0.1) is 0 Å². The van der Waals surface area contributed by atoms with Gasteiger partial charge in [-0.2, -0.15) is 0 Å². The number of anilines is 1. The van der Waals surface area contributed by atoms with E-state index in [0.29, 0.717) is 0 Å². The Hall–Kier alpha value is -1.87. The van der Waals surface area contributed by atoms with Crippen LogP contribution in [0.4, 0.5) is 10.1 Å². The van der Waals surface area contributed by atoms with Crippen LogP contribution in [0.1, 0.15) is 11.1 Å². The zero-order chi connectivity index (χ0) is 13.0. The maximum atomic E-state index is 13.1. The van der Waals surface area contributed by atoms with Crippen molar-refractivity contribution in [2.24, 2.45) is 0 Å². The molecule has 0 atom stereocenters. The summed E-state index contributed by atoms with van der Waals surface area (Å²) in [6.45, 7) is 1.54. The van der Waals surface area contributed by atoms with Crippen LogP contribution in [0.25, 0.3) is 0 Å². The smallest absolute Gasteiger partial charge is 0.123 e. The predicted octanol–water partition coefficient (Wildman–Crippen LogP) is 3.04. The van der Waals surface area contributed by atoms with E-state index in [0.717, 1.165) is 24.3 Å². The van der Waals surface area contributed by atoms with Crippen molar-refractivity contribution in [3.8, 4) is 0 Å². The van der Waals surface area contributed by atoms with E-state index in [-0.39, 0.29) is 5.82 Å². The molecule has 0 spiro atoms. The van der Waals surface area contributed by atoms with Gasteiger partial charge in [0.1, 0.15) is 5.82 Å². The van der Waals surface area contributed by atoms with Gasteiger partial charge in [-0.05, 0) is 42.4 Å². The van der Waals surface area contributed by atoms with Crippen molar-refractivity contribution in [2.75, 3.05) is 12.8 Å². The minimum Gasteiger partial charge on any atom is -0.399 e. The van der Waals surface area contributed by atoms with Crippen LogP contribution in [0.5, 0.6) is 0 Å². The molecule has 0 radical (unpaired) electrons. The molecule has 0 aliphatic carbocycles. The van der Waals surface area contributed by atoms with Gasteiger partial charge in [-0.1, -0.05) is 24.3 Å². The third kappa shape index (κ3) is 3.57. The van der Waals surface area contributed by atoms with Crippen molar-refractivity contribution < 1.29 is 4.39 Å². The number of nitrogens with two attached hydrogens (primary N) is 1. The van der Waals surface area contributed by atoms with Crippen molar-refractivity contribution in [1.82, 2.24) is 4.90 Å². The Morgan fingerprint density at radius 1 is 1.00 bits per heavy atom. The molecule has 2 rings (SSSR count). The normalized spacial score (nSPS) is 10.8. The van der Waals surface area contributed by atoms with E-state index in [1.807, 2.05) is 37.4 Å². The molecular weight excluding hydrogens is 227 g/mol. The zero-order valence-electron chi connectivity index (χ0n) is 10.4. The molecule has 18 heavy (non-hydrogen) atoms. The molecule has 0 saturated carbocycles. The first kappa shape index (κ1) is 12.6. The van der Waals surface area contributed by atoms with E-state index in [1.165, 1.54) is 11.6 Å². The maximum Gasteiger partial charge on any atom is 0.123 e. The standard InChI is InChI=1S/C15H17FN2/c1-18(10-12-5-7-15(17)8-6-12)11-13-3-2-4-14(16)9-13/h2-9H,10-11,17H2,1H3. The monoisotopic (exact) mass is 244 g/mol. The highest BCUT2D eigenvalue weighted by atomic mass is 19.1. The Morgan fingerprint density at radius 2 is 1.67 bits per heavy atom. The molecular formula is C15H17FN2. The molecule has 0 aromatic heterocycles. The summed E-state index contributed by atoms with van der Waals surface area (Å²) >= 11 is 0. The van der Waals surface area contributed by atoms with E-state index in [1.54, 1.807) is 12.1 Å². The second kappa shape index (κ2) is 5.65. The Bertz CT molecular complexity index is 508. The highest BCUT2D eigenvalue weighted by Gasteiger charge is 2.02. The number of benzene rings is 2. The van der Waals surface area contributed by atoms with Crippen LogP contribution in [-0.2, 0) is 13.1 Å². The lowest BCUT2D eigenvalue weighted by molar-refractivity contribution is 0.318. The molecule has 2 N–H and O–H groups in total. The first-order valence-corrected chi connectivity index (χ1v) is 5.91. The second-order valence-electron chi connectivity index (χ2n) is 4.54. The summed E-state index contributed by atoms with van der Waals surface area (Å²) < 4.78 is 13.1. The van der Waals surface area contributed by atoms with Gasteiger partial charge in [0, 0.05) is 18.8 Å². The average molecular weight is 244 g/mol. The fourth-order valence-electron chi connectivity index (χ4n) is 1.94. The molecule has 0 bridgehead atoms. The van der Waals surface area contributed by atoms with E-state index in [9.17, 15) is 4.39 Å². The van der Waals surface area contributed by atoms with Crippen LogP contribution in [0.15, 0.2) is 48.5 Å². The van der Waals surface area contributed by atoms with E-state index >= 15 is 0 Å². The minimum atomic E-state index is -0.187. The Labute approximate surface area is 107 Å². The lowest BCUT2D eigenvalue weighted by atomic mass is 10.1. The third-order valence-corrected chi connectivity index (χ3v) is 2.77. The summed E-state index contributed by atoms with van der Waals surface area (Å²) in [6, 6.07) is 14.5. The molecule has 94 valence electrons. The highest BCUT2D eigenvalue weighted by Crippen LogP contribution is 2.11. The SMILES string of the molecule is CN(Cc1ccc(N)cc1)Cc1cccc(F)c1. The fourth-order valence-corrected chi connectivity index (χ4v) is 1.94. The van der Waals surface area contributed by atoms with Gasteiger partial charge in [0.2, 0.25) is 0 Å². The van der Waals surface area contributed by atoms with Crippen LogP contribution in [-0.4, -0.2) is 11.9 Å². The predicted molar refractivity (Wildman–Crippen MR) is 72.4 cm³/mol. The summed E-state index contributed by atoms with van der Waals surface area (Å²) in [7, 11) is 2.02. The van der Waals surface area contributed by atoms with Crippen LogP contribution in [0.2, 0.25) is 0 Å². The van der Waals surface area contributed by atoms with Crippen molar-refractivity contribution in [3.05, 3.63) is 65.5 Å². The van der Waals surface area contributed by atoms with Crippen molar-refractivity contribution in [2.45, 2.75) is 13.1 Å². The topological polar surface area (TPSA) is 29.3 Å². The first-order valence-electron chi connectivity index (χ1n) is 5.91. The molecule has 0 fully saturated rings. The molecule has 0 aliphatic heterocycles. The van der Waals surface area contributed by atoms with E-state index in [2.05, 4.69) is 4.90 Å². The molecule has 0 amide bonds. The van der Waals surface area contributed by atoms with Crippen molar-refractivity contribution in [3.63, 3.8) is 0 Å². The van der Waals surface area contributed by atoms with Gasteiger partial charge in [-0.15, -0.1) is 0 Å². The van der Waals surface area contributed by atoms with Crippen LogP contribution in [0.3, 0.4) is 0 Å². The summed E-state index contributed by atoms with van der Waals surface area (Å²) in [5, 5.41) is 0. The quantitative estimate of drug-likeness (QED) is 0.838.